The quantitative estimate of drug-likeness (QED) is 0.520. The topological polar surface area (TPSA) is 0 Å². The SMILES string of the molecule is CC1=CC=[C]([Zr])C1. The van der Waals surface area contributed by atoms with Crippen molar-refractivity contribution in [3.8, 4) is 0 Å². The van der Waals surface area contributed by atoms with E-state index >= 15 is 0 Å². The van der Waals surface area contributed by atoms with Crippen molar-refractivity contribution in [1.29, 1.82) is 0 Å². The summed E-state index contributed by atoms with van der Waals surface area (Å²) in [6.07, 6.45) is 5.65. The summed E-state index contributed by atoms with van der Waals surface area (Å²) >= 11 is 1.57. The van der Waals surface area contributed by atoms with Crippen LogP contribution >= 0.6 is 0 Å². The molecule has 0 radical (unpaired) electrons. The second-order valence-corrected chi connectivity index (χ2v) is 3.46. The number of hydrogen-bond donors (Lipinski definition) is 0. The minimum atomic E-state index is 1.23. The Morgan fingerprint density at radius 1 is 1.57 bits per heavy atom. The first-order valence-corrected chi connectivity index (χ1v) is 3.60. The van der Waals surface area contributed by atoms with Gasteiger partial charge in [0, 0.05) is 0 Å². The molecule has 0 fully saturated rings. The molecule has 0 nitrogen and oxygen atoms in total. The molecule has 0 aromatic carbocycles. The maximum absolute atomic E-state index is 2.22. The van der Waals surface area contributed by atoms with E-state index < -0.39 is 0 Å². The summed E-state index contributed by atoms with van der Waals surface area (Å²) in [6.45, 7) is 2.17. The third-order valence-corrected chi connectivity index (χ3v) is 1.88. The Labute approximate surface area is 59.1 Å². The van der Waals surface area contributed by atoms with Gasteiger partial charge in [0.2, 0.25) is 0 Å². The Bertz CT molecular complexity index is 115. The summed E-state index contributed by atoms with van der Waals surface area (Å²) in [5.74, 6) is 0. The second-order valence-electron chi connectivity index (χ2n) is 1.88. The summed E-state index contributed by atoms with van der Waals surface area (Å²) in [4.78, 5) is 0. The van der Waals surface area contributed by atoms with E-state index in [-0.39, 0.29) is 0 Å². The molecule has 0 amide bonds. The van der Waals surface area contributed by atoms with Gasteiger partial charge in [-0.15, -0.1) is 0 Å². The molecule has 1 heteroatoms. The van der Waals surface area contributed by atoms with Crippen molar-refractivity contribution in [2.45, 2.75) is 13.3 Å². The van der Waals surface area contributed by atoms with Gasteiger partial charge in [-0.2, -0.15) is 0 Å². The molecule has 0 spiro atoms. The van der Waals surface area contributed by atoms with E-state index in [9.17, 15) is 0 Å². The van der Waals surface area contributed by atoms with Gasteiger partial charge in [0.25, 0.3) is 0 Å². The summed E-state index contributed by atoms with van der Waals surface area (Å²) in [6, 6.07) is 0. The van der Waals surface area contributed by atoms with E-state index in [0.29, 0.717) is 0 Å². The van der Waals surface area contributed by atoms with Crippen molar-refractivity contribution in [3.05, 3.63) is 21.0 Å². The maximum atomic E-state index is 2.22. The van der Waals surface area contributed by atoms with E-state index in [0.717, 1.165) is 0 Å². The monoisotopic (exact) mass is 169 g/mol. The van der Waals surface area contributed by atoms with Crippen LogP contribution < -0.4 is 0 Å². The van der Waals surface area contributed by atoms with E-state index in [4.69, 9.17) is 0 Å². The van der Waals surface area contributed by atoms with Crippen LogP contribution in [0.3, 0.4) is 0 Å². The first-order chi connectivity index (χ1) is 3.29. The molecule has 1 aliphatic rings. The molecular formula is C6H7Zr. The standard InChI is InChI=1S/C6H7.Zr/c1-6-4-2-3-5-6;/h2,4H,5H2,1H3;. The Morgan fingerprint density at radius 2 is 2.29 bits per heavy atom. The molecule has 0 heterocycles. The van der Waals surface area contributed by atoms with E-state index in [1.54, 1.807) is 28.0 Å². The average Bonchev–Trinajstić information content (AvgIpc) is 1.87. The van der Waals surface area contributed by atoms with Crippen LogP contribution in [0.1, 0.15) is 13.3 Å². The fourth-order valence-corrected chi connectivity index (χ4v) is 1.55. The van der Waals surface area contributed by atoms with Gasteiger partial charge in [-0.25, -0.2) is 0 Å². The molecule has 1 aliphatic carbocycles. The number of rotatable bonds is 0. The average molecular weight is 170 g/mol. The fraction of sp³-hybridized carbons (Fsp3) is 0.333. The fourth-order valence-electron chi connectivity index (χ4n) is 0.661. The van der Waals surface area contributed by atoms with Crippen molar-refractivity contribution in [3.63, 3.8) is 0 Å². The molecular weight excluding hydrogens is 163 g/mol. The van der Waals surface area contributed by atoms with Gasteiger partial charge in [-0.3, -0.25) is 0 Å². The van der Waals surface area contributed by atoms with Gasteiger partial charge >= 0.3 is 59.1 Å². The van der Waals surface area contributed by atoms with Crippen molar-refractivity contribution in [2.24, 2.45) is 0 Å². The Morgan fingerprint density at radius 3 is 2.43 bits per heavy atom. The molecule has 0 atom stereocenters. The predicted molar refractivity (Wildman–Crippen MR) is 26.5 cm³/mol. The van der Waals surface area contributed by atoms with Crippen LogP contribution in [0.2, 0.25) is 0 Å². The van der Waals surface area contributed by atoms with Crippen LogP contribution in [0.15, 0.2) is 21.0 Å². The summed E-state index contributed by atoms with van der Waals surface area (Å²) < 4.78 is 1.57. The Kier molecular flexibility index (Phi) is 1.64. The van der Waals surface area contributed by atoms with Crippen molar-refractivity contribution in [1.82, 2.24) is 0 Å². The minimum absolute atomic E-state index is 1.23. The van der Waals surface area contributed by atoms with Crippen LogP contribution in [-0.2, 0) is 24.7 Å². The van der Waals surface area contributed by atoms with Crippen LogP contribution in [-0.4, -0.2) is 0 Å². The summed E-state index contributed by atoms with van der Waals surface area (Å²) in [5.41, 5.74) is 1.51. The first-order valence-electron chi connectivity index (χ1n) is 2.37. The number of allylic oxidation sites excluding steroid dienone is 4. The van der Waals surface area contributed by atoms with Gasteiger partial charge in [-0.1, -0.05) is 0 Å². The third kappa shape index (κ3) is 1.38. The van der Waals surface area contributed by atoms with Crippen LogP contribution in [0.5, 0.6) is 0 Å². The van der Waals surface area contributed by atoms with E-state index in [1.807, 2.05) is 0 Å². The Balaban J connectivity index is 2.61. The summed E-state index contributed by atoms with van der Waals surface area (Å²) in [5, 5.41) is 0. The molecule has 0 aromatic heterocycles. The molecule has 0 saturated carbocycles. The molecule has 0 aromatic rings. The molecule has 0 aliphatic heterocycles. The first kappa shape index (κ1) is 5.50. The zero-order chi connectivity index (χ0) is 5.28. The van der Waals surface area contributed by atoms with Gasteiger partial charge in [-0.05, 0) is 0 Å². The van der Waals surface area contributed by atoms with Crippen LogP contribution in [0.25, 0.3) is 0 Å². The van der Waals surface area contributed by atoms with Gasteiger partial charge in [0.1, 0.15) is 0 Å². The zero-order valence-corrected chi connectivity index (χ0v) is 6.82. The molecule has 35 valence electrons. The molecule has 0 N–H and O–H groups in total. The van der Waals surface area contributed by atoms with Crippen LogP contribution in [0, 0.1) is 0 Å². The number of hydrogen-bond acceptors (Lipinski definition) is 0. The molecule has 0 saturated heterocycles. The zero-order valence-electron chi connectivity index (χ0n) is 4.36. The predicted octanol–water partition coefficient (Wildman–Crippen LogP) is 1.77. The molecule has 1 rings (SSSR count). The van der Waals surface area contributed by atoms with E-state index in [1.165, 1.54) is 12.0 Å². The van der Waals surface area contributed by atoms with Crippen molar-refractivity contribution in [2.75, 3.05) is 0 Å². The Hall–Kier alpha value is 0.363. The molecule has 7 heavy (non-hydrogen) atoms. The van der Waals surface area contributed by atoms with Crippen LogP contribution in [0.4, 0.5) is 0 Å². The van der Waals surface area contributed by atoms with Gasteiger partial charge < -0.3 is 0 Å². The van der Waals surface area contributed by atoms with Crippen molar-refractivity contribution >= 4 is 0 Å². The third-order valence-electron chi connectivity index (χ3n) is 1.04. The molecule has 0 unspecified atom stereocenters. The second kappa shape index (κ2) is 2.09. The van der Waals surface area contributed by atoms with Gasteiger partial charge in [0.15, 0.2) is 0 Å². The molecule has 0 bridgehead atoms. The summed E-state index contributed by atoms with van der Waals surface area (Å²) in [7, 11) is 0. The van der Waals surface area contributed by atoms with Crippen molar-refractivity contribution < 1.29 is 24.7 Å². The normalized spacial score (nSPS) is 18.9. The van der Waals surface area contributed by atoms with E-state index in [2.05, 4.69) is 19.1 Å². The van der Waals surface area contributed by atoms with Gasteiger partial charge in [0.05, 0.1) is 0 Å².